The zero-order valence-corrected chi connectivity index (χ0v) is 14.0. The molecule has 3 aromatic carbocycles. The van der Waals surface area contributed by atoms with Crippen molar-refractivity contribution in [3.8, 4) is 38.8 Å². The standard InChI is InChI=1S/C21H14O3S/c22-13-3-5-15-12(8-13)11-24-21-16-6-4-14(23)9-17(16)18(10-19(15)21)20-2-1-7-25-20/h1-10,22-23H,11H2. The Morgan fingerprint density at radius 1 is 0.800 bits per heavy atom. The van der Waals surface area contributed by atoms with Crippen LogP contribution in [0.5, 0.6) is 17.2 Å². The highest BCUT2D eigenvalue weighted by Crippen LogP contribution is 2.47. The molecule has 0 fully saturated rings. The summed E-state index contributed by atoms with van der Waals surface area (Å²) in [4.78, 5) is 1.14. The highest BCUT2D eigenvalue weighted by atomic mass is 32.1. The second kappa shape index (κ2) is 5.26. The summed E-state index contributed by atoms with van der Waals surface area (Å²) in [6.07, 6.45) is 0. The number of fused-ring (bicyclic) bond motifs is 5. The van der Waals surface area contributed by atoms with Crippen molar-refractivity contribution in [2.45, 2.75) is 6.61 Å². The fraction of sp³-hybridized carbons (Fsp3) is 0.0476. The normalized spacial score (nSPS) is 12.5. The Hall–Kier alpha value is -2.98. The fourth-order valence-corrected chi connectivity index (χ4v) is 4.25. The Bertz CT molecular complexity index is 1110. The largest absolute Gasteiger partial charge is 0.508 e. The van der Waals surface area contributed by atoms with E-state index in [4.69, 9.17) is 4.74 Å². The van der Waals surface area contributed by atoms with Crippen LogP contribution in [-0.2, 0) is 6.61 Å². The quantitative estimate of drug-likeness (QED) is 0.476. The number of rotatable bonds is 1. The zero-order chi connectivity index (χ0) is 17.0. The third-order valence-electron chi connectivity index (χ3n) is 4.61. The van der Waals surface area contributed by atoms with Crippen LogP contribution in [-0.4, -0.2) is 10.2 Å². The molecule has 1 aromatic heterocycles. The third kappa shape index (κ3) is 2.18. The molecule has 5 rings (SSSR count). The van der Waals surface area contributed by atoms with E-state index in [9.17, 15) is 10.2 Å². The van der Waals surface area contributed by atoms with Gasteiger partial charge in [-0.15, -0.1) is 11.3 Å². The summed E-state index contributed by atoms with van der Waals surface area (Å²) in [6.45, 7) is 0.422. The zero-order valence-electron chi connectivity index (χ0n) is 13.2. The second-order valence-electron chi connectivity index (χ2n) is 6.14. The van der Waals surface area contributed by atoms with Crippen molar-refractivity contribution >= 4 is 22.1 Å². The van der Waals surface area contributed by atoms with E-state index in [0.717, 1.165) is 43.7 Å². The lowest BCUT2D eigenvalue weighted by molar-refractivity contribution is 0.305. The van der Waals surface area contributed by atoms with Gasteiger partial charge in [0.1, 0.15) is 23.9 Å². The first-order valence-electron chi connectivity index (χ1n) is 7.99. The average molecular weight is 346 g/mol. The molecule has 4 heteroatoms. The molecule has 0 bridgehead atoms. The number of thiophene rings is 1. The number of aromatic hydroxyl groups is 2. The monoisotopic (exact) mass is 346 g/mol. The minimum Gasteiger partial charge on any atom is -0.508 e. The third-order valence-corrected chi connectivity index (χ3v) is 5.51. The molecule has 0 atom stereocenters. The summed E-state index contributed by atoms with van der Waals surface area (Å²) < 4.78 is 6.04. The minimum absolute atomic E-state index is 0.242. The van der Waals surface area contributed by atoms with E-state index in [1.807, 2.05) is 23.6 Å². The molecule has 3 nitrogen and oxygen atoms in total. The van der Waals surface area contributed by atoms with Gasteiger partial charge in [0.15, 0.2) is 0 Å². The van der Waals surface area contributed by atoms with Crippen LogP contribution in [0.1, 0.15) is 5.56 Å². The molecule has 1 aliphatic heterocycles. The van der Waals surface area contributed by atoms with Gasteiger partial charge in [-0.3, -0.25) is 0 Å². The fourth-order valence-electron chi connectivity index (χ4n) is 3.49. The molecule has 4 aromatic rings. The Labute approximate surface area is 148 Å². The summed E-state index contributed by atoms with van der Waals surface area (Å²) in [7, 11) is 0. The van der Waals surface area contributed by atoms with Gasteiger partial charge >= 0.3 is 0 Å². The maximum Gasteiger partial charge on any atom is 0.135 e. The topological polar surface area (TPSA) is 49.7 Å². The molecule has 0 aliphatic carbocycles. The van der Waals surface area contributed by atoms with E-state index >= 15 is 0 Å². The molecule has 0 unspecified atom stereocenters. The molecule has 122 valence electrons. The van der Waals surface area contributed by atoms with Crippen molar-refractivity contribution in [2.75, 3.05) is 0 Å². The lowest BCUT2D eigenvalue weighted by Gasteiger charge is -2.24. The van der Waals surface area contributed by atoms with Crippen molar-refractivity contribution < 1.29 is 14.9 Å². The Balaban J connectivity index is 1.89. The summed E-state index contributed by atoms with van der Waals surface area (Å²) >= 11 is 1.67. The van der Waals surface area contributed by atoms with Crippen molar-refractivity contribution in [2.24, 2.45) is 0 Å². The molecule has 0 radical (unpaired) electrons. The van der Waals surface area contributed by atoms with E-state index in [0.29, 0.717) is 6.61 Å². The average Bonchev–Trinajstić information content (AvgIpc) is 3.14. The molecule has 2 N–H and O–H groups in total. The molecular formula is C21H14O3S. The number of hydrogen-bond donors (Lipinski definition) is 2. The first kappa shape index (κ1) is 14.4. The van der Waals surface area contributed by atoms with Crippen LogP contribution in [0.2, 0.25) is 0 Å². The molecule has 0 saturated heterocycles. The van der Waals surface area contributed by atoms with Gasteiger partial charge in [0.25, 0.3) is 0 Å². The van der Waals surface area contributed by atoms with Crippen LogP contribution < -0.4 is 4.74 Å². The van der Waals surface area contributed by atoms with E-state index in [-0.39, 0.29) is 11.5 Å². The smallest absolute Gasteiger partial charge is 0.135 e. The molecular weight excluding hydrogens is 332 g/mol. The van der Waals surface area contributed by atoms with Gasteiger partial charge in [-0.1, -0.05) is 12.1 Å². The van der Waals surface area contributed by atoms with Gasteiger partial charge in [0.2, 0.25) is 0 Å². The predicted molar refractivity (Wildman–Crippen MR) is 100 cm³/mol. The number of hydrogen-bond acceptors (Lipinski definition) is 4. The molecule has 0 spiro atoms. The maximum atomic E-state index is 9.98. The maximum absolute atomic E-state index is 9.98. The van der Waals surface area contributed by atoms with Crippen LogP contribution in [0.25, 0.3) is 32.3 Å². The lowest BCUT2D eigenvalue weighted by atomic mass is 9.90. The van der Waals surface area contributed by atoms with Crippen LogP contribution in [0, 0.1) is 0 Å². The molecule has 0 amide bonds. The predicted octanol–water partition coefficient (Wildman–Crippen LogP) is 5.54. The van der Waals surface area contributed by atoms with Gasteiger partial charge in [-0.2, -0.15) is 0 Å². The molecule has 25 heavy (non-hydrogen) atoms. The minimum atomic E-state index is 0.242. The van der Waals surface area contributed by atoms with Crippen molar-refractivity contribution in [3.05, 3.63) is 65.5 Å². The first-order chi connectivity index (χ1) is 12.2. The van der Waals surface area contributed by atoms with Gasteiger partial charge in [-0.05, 0) is 58.8 Å². The first-order valence-corrected chi connectivity index (χ1v) is 8.87. The van der Waals surface area contributed by atoms with Crippen molar-refractivity contribution in [3.63, 3.8) is 0 Å². The Kier molecular flexibility index (Phi) is 3.02. The van der Waals surface area contributed by atoms with E-state index in [1.165, 1.54) is 0 Å². The van der Waals surface area contributed by atoms with Crippen LogP contribution in [0.15, 0.2) is 60.0 Å². The highest BCUT2D eigenvalue weighted by molar-refractivity contribution is 7.13. The SMILES string of the molecule is Oc1ccc2c(c1)COc1c-2cc(-c2cccs2)c2cc(O)ccc12. The van der Waals surface area contributed by atoms with Gasteiger partial charge in [0.05, 0.1) is 0 Å². The van der Waals surface area contributed by atoms with Crippen LogP contribution in [0.4, 0.5) is 0 Å². The number of phenolic OH excluding ortho intramolecular Hbond substituents is 2. The summed E-state index contributed by atoms with van der Waals surface area (Å²) in [5.74, 6) is 1.31. The number of ether oxygens (including phenoxy) is 1. The number of phenols is 2. The van der Waals surface area contributed by atoms with E-state index in [1.54, 1.807) is 35.6 Å². The lowest BCUT2D eigenvalue weighted by Crippen LogP contribution is -2.06. The van der Waals surface area contributed by atoms with Crippen LogP contribution >= 0.6 is 11.3 Å². The van der Waals surface area contributed by atoms with Crippen molar-refractivity contribution in [1.82, 2.24) is 0 Å². The highest BCUT2D eigenvalue weighted by Gasteiger charge is 2.22. The molecule has 2 heterocycles. The number of benzene rings is 3. The summed E-state index contributed by atoms with van der Waals surface area (Å²) in [5.41, 5.74) is 4.14. The van der Waals surface area contributed by atoms with E-state index in [2.05, 4.69) is 12.1 Å². The Morgan fingerprint density at radius 2 is 1.64 bits per heavy atom. The molecule has 1 aliphatic rings. The van der Waals surface area contributed by atoms with Gasteiger partial charge in [-0.25, -0.2) is 0 Å². The van der Waals surface area contributed by atoms with E-state index < -0.39 is 0 Å². The van der Waals surface area contributed by atoms with Crippen molar-refractivity contribution in [1.29, 1.82) is 0 Å². The Morgan fingerprint density at radius 3 is 2.48 bits per heavy atom. The summed E-state index contributed by atoms with van der Waals surface area (Å²) in [6, 6.07) is 17.0. The van der Waals surface area contributed by atoms with Gasteiger partial charge < -0.3 is 14.9 Å². The van der Waals surface area contributed by atoms with Gasteiger partial charge in [0, 0.05) is 27.0 Å². The second-order valence-corrected chi connectivity index (χ2v) is 7.09. The van der Waals surface area contributed by atoms with Crippen LogP contribution in [0.3, 0.4) is 0 Å². The molecule has 0 saturated carbocycles. The summed E-state index contributed by atoms with van der Waals surface area (Å²) in [5, 5.41) is 23.7.